The molecule has 3 heteroatoms. The number of hydrogen-bond acceptors (Lipinski definition) is 2. The summed E-state index contributed by atoms with van der Waals surface area (Å²) in [5, 5.41) is 0. The van der Waals surface area contributed by atoms with Crippen LogP contribution in [-0.4, -0.2) is 22.8 Å². The van der Waals surface area contributed by atoms with E-state index >= 15 is 0 Å². The normalized spacial score (nSPS) is 20.3. The molecule has 86 valence electrons. The first kappa shape index (κ1) is 11.8. The van der Waals surface area contributed by atoms with Crippen molar-refractivity contribution in [3.8, 4) is 0 Å². The molecular formula is C13H16BrNO. The van der Waals surface area contributed by atoms with Crippen molar-refractivity contribution in [2.45, 2.75) is 32.4 Å². The molecule has 2 nitrogen and oxygen atoms in total. The Hall–Kier alpha value is -0.670. The quantitative estimate of drug-likeness (QED) is 0.831. The predicted molar refractivity (Wildman–Crippen MR) is 68.3 cm³/mol. The van der Waals surface area contributed by atoms with Crippen LogP contribution >= 0.6 is 15.9 Å². The van der Waals surface area contributed by atoms with Gasteiger partial charge in [0, 0.05) is 24.0 Å². The summed E-state index contributed by atoms with van der Waals surface area (Å²) < 4.78 is 1.09. The maximum Gasteiger partial charge on any atom is 0.153 e. The Balaban J connectivity index is 2.14. The van der Waals surface area contributed by atoms with Gasteiger partial charge in [-0.15, -0.1) is 0 Å². The van der Waals surface area contributed by atoms with Gasteiger partial charge in [-0.1, -0.05) is 28.1 Å². The number of carbonyl (C=O) groups is 1. The van der Waals surface area contributed by atoms with E-state index in [-0.39, 0.29) is 5.54 Å². The minimum Gasteiger partial charge on any atom is -0.298 e. The molecule has 0 aliphatic carbocycles. The van der Waals surface area contributed by atoms with Crippen molar-refractivity contribution in [3.63, 3.8) is 0 Å². The maximum atomic E-state index is 11.7. The standard InChI is InChI=1S/C13H16BrNO/c1-13(2)12(16)6-7-15(13)9-10-4-3-5-11(14)8-10/h3-5,8H,6-7,9H2,1-2H3. The fourth-order valence-electron chi connectivity index (χ4n) is 2.13. The van der Waals surface area contributed by atoms with Crippen LogP contribution in [0.25, 0.3) is 0 Å². The Bertz CT molecular complexity index is 414. The van der Waals surface area contributed by atoms with Crippen LogP contribution in [0, 0.1) is 0 Å². The summed E-state index contributed by atoms with van der Waals surface area (Å²) in [7, 11) is 0. The molecule has 0 N–H and O–H groups in total. The number of carbonyl (C=O) groups excluding carboxylic acids is 1. The molecule has 0 aromatic heterocycles. The van der Waals surface area contributed by atoms with Gasteiger partial charge >= 0.3 is 0 Å². The SMILES string of the molecule is CC1(C)C(=O)CCN1Cc1cccc(Br)c1. The lowest BCUT2D eigenvalue weighted by atomic mass is 10.00. The van der Waals surface area contributed by atoms with E-state index in [4.69, 9.17) is 0 Å². The second-order valence-corrected chi connectivity index (χ2v) is 5.70. The van der Waals surface area contributed by atoms with Crippen molar-refractivity contribution in [2.75, 3.05) is 6.54 Å². The molecule has 0 unspecified atom stereocenters. The topological polar surface area (TPSA) is 20.3 Å². The fraction of sp³-hybridized carbons (Fsp3) is 0.462. The summed E-state index contributed by atoms with van der Waals surface area (Å²) in [5.74, 6) is 0.350. The molecular weight excluding hydrogens is 266 g/mol. The number of Topliss-reactive ketones (excluding diaryl/α,β-unsaturated/α-hetero) is 1. The first-order chi connectivity index (χ1) is 7.50. The summed E-state index contributed by atoms with van der Waals surface area (Å²) in [5.41, 5.74) is 0.944. The lowest BCUT2D eigenvalue weighted by molar-refractivity contribution is -0.123. The molecule has 0 radical (unpaired) electrons. The van der Waals surface area contributed by atoms with Crippen molar-refractivity contribution in [3.05, 3.63) is 34.3 Å². The first-order valence-corrected chi connectivity index (χ1v) is 6.32. The molecule has 0 atom stereocenters. The van der Waals surface area contributed by atoms with Crippen molar-refractivity contribution < 1.29 is 4.79 Å². The minimum atomic E-state index is -0.303. The zero-order valence-electron chi connectivity index (χ0n) is 9.66. The van der Waals surface area contributed by atoms with Crippen LogP contribution < -0.4 is 0 Å². The summed E-state index contributed by atoms with van der Waals surface area (Å²) in [6.07, 6.45) is 0.682. The number of halogens is 1. The highest BCUT2D eigenvalue weighted by molar-refractivity contribution is 9.10. The van der Waals surface area contributed by atoms with E-state index < -0.39 is 0 Å². The van der Waals surface area contributed by atoms with E-state index in [9.17, 15) is 4.79 Å². The number of ketones is 1. The lowest BCUT2D eigenvalue weighted by Crippen LogP contribution is -2.42. The molecule has 16 heavy (non-hydrogen) atoms. The second kappa shape index (κ2) is 4.30. The average molecular weight is 282 g/mol. The smallest absolute Gasteiger partial charge is 0.153 e. The summed E-state index contributed by atoms with van der Waals surface area (Å²) in [6.45, 7) is 5.75. The number of hydrogen-bond donors (Lipinski definition) is 0. The molecule has 0 saturated carbocycles. The molecule has 2 rings (SSSR count). The zero-order valence-corrected chi connectivity index (χ0v) is 11.3. The predicted octanol–water partition coefficient (Wildman–Crippen LogP) is 3.00. The summed E-state index contributed by atoms with van der Waals surface area (Å²) in [4.78, 5) is 14.0. The van der Waals surface area contributed by atoms with Crippen molar-refractivity contribution in [1.29, 1.82) is 0 Å². The molecule has 1 fully saturated rings. The Morgan fingerprint density at radius 2 is 2.19 bits per heavy atom. The van der Waals surface area contributed by atoms with Gasteiger partial charge in [-0.25, -0.2) is 0 Å². The molecule has 1 heterocycles. The Labute approximate surface area is 105 Å². The molecule has 1 aromatic rings. The van der Waals surface area contributed by atoms with E-state index in [0.29, 0.717) is 12.2 Å². The van der Waals surface area contributed by atoms with Crippen LogP contribution in [0.15, 0.2) is 28.7 Å². The number of nitrogens with zero attached hydrogens (tertiary/aromatic N) is 1. The van der Waals surface area contributed by atoms with Gasteiger partial charge in [0.15, 0.2) is 5.78 Å². The lowest BCUT2D eigenvalue weighted by Gasteiger charge is -2.29. The molecule has 1 aromatic carbocycles. The van der Waals surface area contributed by atoms with Crippen molar-refractivity contribution in [1.82, 2.24) is 4.90 Å². The van der Waals surface area contributed by atoms with Crippen LogP contribution in [0.3, 0.4) is 0 Å². The van der Waals surface area contributed by atoms with Crippen LogP contribution in [0.5, 0.6) is 0 Å². The fourth-order valence-corrected chi connectivity index (χ4v) is 2.58. The van der Waals surface area contributed by atoms with Crippen LogP contribution in [-0.2, 0) is 11.3 Å². The van der Waals surface area contributed by atoms with Crippen LogP contribution in [0.2, 0.25) is 0 Å². The largest absolute Gasteiger partial charge is 0.298 e. The van der Waals surface area contributed by atoms with Crippen molar-refractivity contribution >= 4 is 21.7 Å². The van der Waals surface area contributed by atoms with E-state index in [1.165, 1.54) is 5.56 Å². The van der Waals surface area contributed by atoms with E-state index in [2.05, 4.69) is 33.0 Å². The van der Waals surface area contributed by atoms with E-state index in [0.717, 1.165) is 17.6 Å². The molecule has 0 amide bonds. The highest BCUT2D eigenvalue weighted by Crippen LogP contribution is 2.27. The highest BCUT2D eigenvalue weighted by atomic mass is 79.9. The van der Waals surface area contributed by atoms with Gasteiger partial charge in [0.2, 0.25) is 0 Å². The second-order valence-electron chi connectivity index (χ2n) is 4.78. The van der Waals surface area contributed by atoms with Gasteiger partial charge < -0.3 is 0 Å². The Kier molecular flexibility index (Phi) is 3.17. The van der Waals surface area contributed by atoms with Gasteiger partial charge in [0.1, 0.15) is 0 Å². The summed E-state index contributed by atoms with van der Waals surface area (Å²) >= 11 is 3.47. The molecule has 1 aliphatic heterocycles. The van der Waals surface area contributed by atoms with Gasteiger partial charge in [-0.3, -0.25) is 9.69 Å². The number of likely N-dealkylation sites (tertiary alicyclic amines) is 1. The Morgan fingerprint density at radius 1 is 1.44 bits per heavy atom. The van der Waals surface area contributed by atoms with E-state index in [1.807, 2.05) is 26.0 Å². The van der Waals surface area contributed by atoms with Gasteiger partial charge in [-0.2, -0.15) is 0 Å². The highest BCUT2D eigenvalue weighted by Gasteiger charge is 2.39. The zero-order chi connectivity index (χ0) is 11.8. The van der Waals surface area contributed by atoms with Crippen molar-refractivity contribution in [2.24, 2.45) is 0 Å². The van der Waals surface area contributed by atoms with Crippen LogP contribution in [0.4, 0.5) is 0 Å². The molecule has 1 aliphatic rings. The third kappa shape index (κ3) is 2.20. The number of benzene rings is 1. The summed E-state index contributed by atoms with van der Waals surface area (Å²) in [6, 6.07) is 8.26. The maximum absolute atomic E-state index is 11.7. The average Bonchev–Trinajstić information content (AvgIpc) is 2.45. The van der Waals surface area contributed by atoms with E-state index in [1.54, 1.807) is 0 Å². The number of rotatable bonds is 2. The third-order valence-electron chi connectivity index (χ3n) is 3.34. The molecule has 0 spiro atoms. The van der Waals surface area contributed by atoms with Gasteiger partial charge in [-0.05, 0) is 31.5 Å². The monoisotopic (exact) mass is 281 g/mol. The van der Waals surface area contributed by atoms with Gasteiger partial charge in [0.25, 0.3) is 0 Å². The third-order valence-corrected chi connectivity index (χ3v) is 3.84. The molecule has 1 saturated heterocycles. The molecule has 0 bridgehead atoms. The Morgan fingerprint density at radius 3 is 2.75 bits per heavy atom. The minimum absolute atomic E-state index is 0.303. The van der Waals surface area contributed by atoms with Gasteiger partial charge in [0.05, 0.1) is 5.54 Å². The van der Waals surface area contributed by atoms with Crippen LogP contribution in [0.1, 0.15) is 25.8 Å². The first-order valence-electron chi connectivity index (χ1n) is 5.53.